The van der Waals surface area contributed by atoms with Crippen molar-refractivity contribution in [2.24, 2.45) is 0 Å². The first-order chi connectivity index (χ1) is 2.64. The van der Waals surface area contributed by atoms with Crippen molar-refractivity contribution in [3.8, 4) is 0 Å². The van der Waals surface area contributed by atoms with Crippen molar-refractivity contribution in [1.82, 2.24) is 0 Å². The van der Waals surface area contributed by atoms with Crippen molar-refractivity contribution in [3.63, 3.8) is 0 Å². The van der Waals surface area contributed by atoms with Crippen molar-refractivity contribution in [2.75, 3.05) is 0 Å². The fraction of sp³-hybridized carbons (Fsp3) is 1.00. The van der Waals surface area contributed by atoms with Crippen LogP contribution in [0.25, 0.3) is 0 Å². The molecule has 38 valence electrons. The fourth-order valence-corrected chi connectivity index (χ4v) is 0. The molecule has 0 bridgehead atoms. The average Bonchev–Trinajstić information content (AvgIpc) is 1.36. The molecule has 0 aromatic carbocycles. The lowest BCUT2D eigenvalue weighted by atomic mass is 10.4. The highest BCUT2D eigenvalue weighted by Gasteiger charge is 1.96. The third-order valence-corrected chi connectivity index (χ3v) is 2.49. The van der Waals surface area contributed by atoms with E-state index < -0.39 is 0 Å². The average molecular weight is 122 g/mol. The van der Waals surface area contributed by atoms with E-state index >= 15 is 0 Å². The molecular weight excluding hydrogens is 110 g/mol. The summed E-state index contributed by atoms with van der Waals surface area (Å²) < 4.78 is 0. The molecule has 0 saturated heterocycles. The van der Waals surface area contributed by atoms with Gasteiger partial charge in [-0.25, -0.2) is 0 Å². The van der Waals surface area contributed by atoms with Gasteiger partial charge >= 0.3 is 0 Å². The molecule has 0 spiro atoms. The summed E-state index contributed by atoms with van der Waals surface area (Å²) >= 11 is 0. The van der Waals surface area contributed by atoms with Crippen molar-refractivity contribution >= 4 is 18.5 Å². The topological polar surface area (TPSA) is 0 Å². The lowest BCUT2D eigenvalue weighted by Gasteiger charge is -2.05. The number of hydrogen-bond acceptors (Lipinski definition) is 0. The van der Waals surface area contributed by atoms with Crippen LogP contribution in [0.5, 0.6) is 0 Å². The van der Waals surface area contributed by atoms with Crippen LogP contribution in [-0.2, 0) is 0 Å². The van der Waals surface area contributed by atoms with Crippen LogP contribution in [0.4, 0.5) is 0 Å². The van der Waals surface area contributed by atoms with Gasteiger partial charge in [-0.2, -0.15) is 0 Å². The van der Waals surface area contributed by atoms with Gasteiger partial charge in [0, 0.05) is 0 Å². The van der Waals surface area contributed by atoms with Gasteiger partial charge in [0.25, 0.3) is 0 Å². The first-order valence-electron chi connectivity index (χ1n) is 2.15. The molecule has 0 aromatic heterocycles. The molecule has 0 N–H and O–H groups in total. The minimum atomic E-state index is 0.731. The summed E-state index contributed by atoms with van der Waals surface area (Å²) in [5.41, 5.74) is 1.46. The van der Waals surface area contributed by atoms with Gasteiger partial charge in [0.1, 0.15) is 0 Å². The largest absolute Gasteiger partial charge is 0.134 e. The van der Waals surface area contributed by atoms with E-state index in [9.17, 15) is 0 Å². The van der Waals surface area contributed by atoms with Crippen LogP contribution in [0.1, 0.15) is 13.8 Å². The second kappa shape index (κ2) is 2.94. The monoisotopic (exact) mass is 122 g/mol. The molecule has 4 atom stereocenters. The summed E-state index contributed by atoms with van der Waals surface area (Å²) in [6.07, 6.45) is 0. The van der Waals surface area contributed by atoms with E-state index in [1.165, 1.54) is 0 Å². The Morgan fingerprint density at radius 2 is 1.17 bits per heavy atom. The van der Waals surface area contributed by atoms with Crippen LogP contribution in [0.2, 0.25) is 0 Å². The maximum absolute atomic E-state index is 2.75. The Kier molecular flexibility index (Phi) is 3.36. The van der Waals surface area contributed by atoms with Gasteiger partial charge in [0.05, 0.1) is 0 Å². The molecule has 0 saturated carbocycles. The normalized spacial score (nSPS) is 20.0. The maximum Gasteiger partial charge on any atom is -0.0232 e. The molecule has 0 heterocycles. The van der Waals surface area contributed by atoms with E-state index in [0.717, 1.165) is 11.3 Å². The van der Waals surface area contributed by atoms with E-state index in [1.807, 2.05) is 0 Å². The fourth-order valence-electron chi connectivity index (χ4n) is 0. The Hall–Kier alpha value is 0.860. The highest BCUT2D eigenvalue weighted by molar-refractivity contribution is 7.23. The van der Waals surface area contributed by atoms with Gasteiger partial charge in [0.2, 0.25) is 0 Å². The van der Waals surface area contributed by atoms with Crippen LogP contribution < -0.4 is 0 Å². The van der Waals surface area contributed by atoms with Gasteiger partial charge in [0.15, 0.2) is 0 Å². The molecule has 0 aliphatic heterocycles. The summed E-state index contributed by atoms with van der Waals surface area (Å²) in [6.45, 7) is 4.37. The van der Waals surface area contributed by atoms with E-state index in [1.54, 1.807) is 0 Å². The van der Waals surface area contributed by atoms with Gasteiger partial charge in [-0.05, 0) is 11.3 Å². The Balaban J connectivity index is 2.99. The van der Waals surface area contributed by atoms with Crippen LogP contribution in [-0.4, -0.2) is 11.3 Å². The molecular formula is C4H12P2. The molecule has 0 amide bonds. The molecule has 2 unspecified atom stereocenters. The SMILES string of the molecule is C[C@H](P)[C@H](C)P. The number of rotatable bonds is 1. The standard InChI is InChI=1S/C4H12P2/c1-3(5)4(2)6/h3-4H,5-6H2,1-2H3/t3-,4-/m0/s1. The predicted molar refractivity (Wildman–Crippen MR) is 38.3 cm³/mol. The van der Waals surface area contributed by atoms with E-state index in [4.69, 9.17) is 0 Å². The first kappa shape index (κ1) is 6.86. The zero-order valence-electron chi connectivity index (χ0n) is 4.31. The number of hydrogen-bond donors (Lipinski definition) is 0. The maximum atomic E-state index is 2.75. The first-order valence-corrected chi connectivity index (χ1v) is 3.49. The van der Waals surface area contributed by atoms with E-state index in [-0.39, 0.29) is 0 Å². The van der Waals surface area contributed by atoms with E-state index in [0.29, 0.717) is 0 Å². The van der Waals surface area contributed by atoms with Gasteiger partial charge in [-0.1, -0.05) is 13.8 Å². The van der Waals surface area contributed by atoms with Gasteiger partial charge in [-0.3, -0.25) is 0 Å². The highest BCUT2D eigenvalue weighted by Crippen LogP contribution is 2.11. The second-order valence-corrected chi connectivity index (χ2v) is 3.82. The molecule has 0 radical (unpaired) electrons. The molecule has 2 heteroatoms. The zero-order valence-corrected chi connectivity index (χ0v) is 6.62. The Labute approximate surface area is 44.5 Å². The molecule has 0 aliphatic carbocycles. The Morgan fingerprint density at radius 1 is 1.00 bits per heavy atom. The summed E-state index contributed by atoms with van der Waals surface area (Å²) in [4.78, 5) is 0. The molecule has 0 aromatic rings. The van der Waals surface area contributed by atoms with Crippen LogP contribution in [0, 0.1) is 0 Å². The quantitative estimate of drug-likeness (QED) is 0.462. The summed E-state index contributed by atoms with van der Waals surface area (Å²) in [5.74, 6) is 0. The third-order valence-electron chi connectivity index (χ3n) is 0.829. The minimum absolute atomic E-state index is 0.731. The zero-order chi connectivity index (χ0) is 5.15. The predicted octanol–water partition coefficient (Wildman–Crippen LogP) is 1.51. The van der Waals surface area contributed by atoms with Gasteiger partial charge < -0.3 is 0 Å². The minimum Gasteiger partial charge on any atom is -0.134 e. The lowest BCUT2D eigenvalue weighted by Crippen LogP contribution is -2.01. The Bertz CT molecular complexity index is 26.5. The summed E-state index contributed by atoms with van der Waals surface area (Å²) in [5, 5.41) is 0. The summed E-state index contributed by atoms with van der Waals surface area (Å²) in [7, 11) is 5.50. The van der Waals surface area contributed by atoms with Crippen molar-refractivity contribution in [3.05, 3.63) is 0 Å². The smallest absolute Gasteiger partial charge is 0.0232 e. The van der Waals surface area contributed by atoms with E-state index in [2.05, 4.69) is 32.3 Å². The lowest BCUT2D eigenvalue weighted by molar-refractivity contribution is 0.930. The van der Waals surface area contributed by atoms with Crippen LogP contribution >= 0.6 is 18.5 Å². The molecule has 0 fully saturated rings. The van der Waals surface area contributed by atoms with Crippen molar-refractivity contribution in [2.45, 2.75) is 25.2 Å². The van der Waals surface area contributed by atoms with Gasteiger partial charge in [-0.15, -0.1) is 18.5 Å². The Morgan fingerprint density at radius 3 is 1.17 bits per heavy atom. The molecule has 6 heavy (non-hydrogen) atoms. The van der Waals surface area contributed by atoms with Crippen LogP contribution in [0.3, 0.4) is 0 Å². The molecule has 0 rings (SSSR count). The third kappa shape index (κ3) is 3.07. The highest BCUT2D eigenvalue weighted by atomic mass is 31.0. The summed E-state index contributed by atoms with van der Waals surface area (Å²) in [6, 6.07) is 0. The second-order valence-electron chi connectivity index (χ2n) is 1.72. The molecule has 0 aliphatic rings. The van der Waals surface area contributed by atoms with Crippen LogP contribution in [0.15, 0.2) is 0 Å². The van der Waals surface area contributed by atoms with Crippen molar-refractivity contribution in [1.29, 1.82) is 0 Å². The van der Waals surface area contributed by atoms with Crippen molar-refractivity contribution < 1.29 is 0 Å². The molecule has 0 nitrogen and oxygen atoms in total.